The molecule has 208 valence electrons. The summed E-state index contributed by atoms with van der Waals surface area (Å²) in [5.41, 5.74) is 0.364. The first-order valence-corrected chi connectivity index (χ1v) is 13.3. The molecule has 8 nitrogen and oxygen atoms in total. The van der Waals surface area contributed by atoms with Gasteiger partial charge in [-0.1, -0.05) is 26.2 Å². The lowest BCUT2D eigenvalue weighted by atomic mass is 10.1. The van der Waals surface area contributed by atoms with Crippen LogP contribution in [0.1, 0.15) is 43.0 Å². The third kappa shape index (κ3) is 8.43. The Balaban J connectivity index is 1.17. The standard InChI is InChI=1S/C32H32O8/c1-3-5-7-9-19-34-25-13-11-24(12-14-25)32(33)40-29-22-37-30-28(21-36-31(29)30)39-23-38-27-17-15-26(16-18-27)35-20-10-8-6-4-2/h1,11-18,28-31H,4,6,8,10,20-23H2,2H3/t28-,29-,30+,31+/m0/s1. The van der Waals surface area contributed by atoms with E-state index in [9.17, 15) is 4.79 Å². The van der Waals surface area contributed by atoms with Crippen molar-refractivity contribution in [3.63, 3.8) is 0 Å². The van der Waals surface area contributed by atoms with Gasteiger partial charge in [-0.3, -0.25) is 0 Å². The van der Waals surface area contributed by atoms with Crippen LogP contribution < -0.4 is 14.2 Å². The highest BCUT2D eigenvalue weighted by molar-refractivity contribution is 5.89. The van der Waals surface area contributed by atoms with Gasteiger partial charge in [-0.05, 0) is 66.8 Å². The first-order valence-electron chi connectivity index (χ1n) is 13.3. The Kier molecular flexibility index (Phi) is 11.2. The second-order valence-electron chi connectivity index (χ2n) is 9.14. The Morgan fingerprint density at radius 1 is 0.850 bits per heavy atom. The summed E-state index contributed by atoms with van der Waals surface area (Å²) in [4.78, 5) is 12.7. The molecule has 0 aromatic heterocycles. The maximum Gasteiger partial charge on any atom is 0.338 e. The van der Waals surface area contributed by atoms with E-state index in [1.807, 2.05) is 24.3 Å². The number of ether oxygens (including phenoxy) is 7. The van der Waals surface area contributed by atoms with Crippen molar-refractivity contribution in [1.82, 2.24) is 0 Å². The van der Waals surface area contributed by atoms with E-state index in [1.165, 1.54) is 19.3 Å². The van der Waals surface area contributed by atoms with E-state index in [-0.39, 0.29) is 25.6 Å². The molecule has 2 aliphatic rings. The molecule has 2 aromatic carbocycles. The smallest absolute Gasteiger partial charge is 0.338 e. The SMILES string of the molecule is C#CC#CC#COc1ccc(C(=O)O[C@H]2CO[C@H]3[C@@H]2OC[C@@H]3OCOc2ccc(OCCCCCC)cc2)cc1. The van der Waals surface area contributed by atoms with Crippen LogP contribution in [-0.4, -0.2) is 57.0 Å². The molecule has 4 rings (SSSR count). The van der Waals surface area contributed by atoms with Crippen molar-refractivity contribution in [2.24, 2.45) is 0 Å². The molecule has 0 radical (unpaired) electrons. The molecule has 8 heteroatoms. The van der Waals surface area contributed by atoms with Gasteiger partial charge in [-0.25, -0.2) is 4.79 Å². The van der Waals surface area contributed by atoms with Crippen LogP contribution in [-0.2, 0) is 18.9 Å². The zero-order chi connectivity index (χ0) is 28.0. The number of hydrogen-bond acceptors (Lipinski definition) is 8. The first kappa shape index (κ1) is 28.9. The van der Waals surface area contributed by atoms with Gasteiger partial charge in [0.1, 0.15) is 41.7 Å². The molecule has 0 N–H and O–H groups in total. The zero-order valence-corrected chi connectivity index (χ0v) is 22.4. The summed E-state index contributed by atoms with van der Waals surface area (Å²) in [6.45, 7) is 3.48. The number of hydrogen-bond donors (Lipinski definition) is 0. The van der Waals surface area contributed by atoms with Gasteiger partial charge in [0.25, 0.3) is 0 Å². The fraction of sp³-hybridized carbons (Fsp3) is 0.406. The number of terminal acetylenes is 1. The molecule has 0 saturated carbocycles. The number of fused-ring (bicyclic) bond motifs is 1. The first-order chi connectivity index (χ1) is 19.7. The molecule has 2 saturated heterocycles. The van der Waals surface area contributed by atoms with Crippen LogP contribution in [0.2, 0.25) is 0 Å². The summed E-state index contributed by atoms with van der Waals surface area (Å²) in [5.74, 6) is 10.9. The molecular weight excluding hydrogens is 512 g/mol. The van der Waals surface area contributed by atoms with Crippen LogP contribution in [0.15, 0.2) is 48.5 Å². The topological polar surface area (TPSA) is 81.7 Å². The minimum atomic E-state index is -0.543. The molecule has 0 spiro atoms. The molecule has 0 aliphatic carbocycles. The third-order valence-electron chi connectivity index (χ3n) is 6.33. The van der Waals surface area contributed by atoms with Crippen molar-refractivity contribution in [1.29, 1.82) is 0 Å². The van der Waals surface area contributed by atoms with Gasteiger partial charge in [0.2, 0.25) is 0 Å². The summed E-state index contributed by atoms with van der Waals surface area (Å²) in [5, 5.41) is 0. The van der Waals surface area contributed by atoms with Crippen molar-refractivity contribution in [2.45, 2.75) is 57.0 Å². The third-order valence-corrected chi connectivity index (χ3v) is 6.33. The van der Waals surface area contributed by atoms with Crippen LogP contribution in [0.3, 0.4) is 0 Å². The van der Waals surface area contributed by atoms with E-state index in [1.54, 1.807) is 24.3 Å². The number of rotatable bonds is 13. The monoisotopic (exact) mass is 544 g/mol. The number of carbonyl (C=O) groups excluding carboxylic acids is 1. The number of unbranched alkanes of at least 4 members (excludes halogenated alkanes) is 3. The largest absolute Gasteiger partial charge is 0.494 e. The van der Waals surface area contributed by atoms with Crippen LogP contribution in [0.25, 0.3) is 0 Å². The lowest BCUT2D eigenvalue weighted by molar-refractivity contribution is -0.0839. The summed E-state index contributed by atoms with van der Waals surface area (Å²) in [6, 6.07) is 13.9. The zero-order valence-electron chi connectivity index (χ0n) is 22.4. The van der Waals surface area contributed by atoms with E-state index < -0.39 is 18.2 Å². The summed E-state index contributed by atoms with van der Waals surface area (Å²) < 4.78 is 40.0. The molecule has 40 heavy (non-hydrogen) atoms. The molecule has 2 aromatic rings. The Bertz CT molecular complexity index is 1260. The van der Waals surface area contributed by atoms with Gasteiger partial charge < -0.3 is 33.2 Å². The summed E-state index contributed by atoms with van der Waals surface area (Å²) in [7, 11) is 0. The fourth-order valence-corrected chi connectivity index (χ4v) is 4.26. The van der Waals surface area contributed by atoms with Crippen LogP contribution in [0, 0.1) is 36.2 Å². The normalized spacial score (nSPS) is 20.6. The van der Waals surface area contributed by atoms with Crippen LogP contribution >= 0.6 is 0 Å². The Morgan fingerprint density at radius 3 is 2.25 bits per heavy atom. The maximum absolute atomic E-state index is 12.7. The van der Waals surface area contributed by atoms with Gasteiger partial charge in [0.05, 0.1) is 25.4 Å². The van der Waals surface area contributed by atoms with Gasteiger partial charge in [-0.15, -0.1) is 6.42 Å². The molecule has 2 heterocycles. The van der Waals surface area contributed by atoms with Gasteiger partial charge in [0.15, 0.2) is 12.9 Å². The quantitative estimate of drug-likeness (QED) is 0.159. The second-order valence-corrected chi connectivity index (χ2v) is 9.14. The Labute approximate surface area is 235 Å². The predicted octanol–water partition coefficient (Wildman–Crippen LogP) is 4.37. The average molecular weight is 545 g/mol. The molecule has 0 bridgehead atoms. The lowest BCUT2D eigenvalue weighted by Gasteiger charge is -2.17. The van der Waals surface area contributed by atoms with Gasteiger partial charge in [0, 0.05) is 11.8 Å². The molecule has 4 atom stereocenters. The van der Waals surface area contributed by atoms with E-state index in [0.29, 0.717) is 30.3 Å². The molecule has 2 fully saturated rings. The van der Waals surface area contributed by atoms with E-state index in [0.717, 1.165) is 12.2 Å². The predicted molar refractivity (Wildman–Crippen MR) is 147 cm³/mol. The van der Waals surface area contributed by atoms with Crippen molar-refractivity contribution in [3.8, 4) is 53.5 Å². The molecular formula is C32H32O8. The van der Waals surface area contributed by atoms with E-state index in [4.69, 9.17) is 39.6 Å². The van der Waals surface area contributed by atoms with Gasteiger partial charge in [-0.2, -0.15) is 0 Å². The second kappa shape index (κ2) is 15.5. The number of carbonyl (C=O) groups is 1. The Morgan fingerprint density at radius 2 is 1.52 bits per heavy atom. The number of esters is 1. The minimum Gasteiger partial charge on any atom is -0.494 e. The van der Waals surface area contributed by atoms with E-state index >= 15 is 0 Å². The fourth-order valence-electron chi connectivity index (χ4n) is 4.26. The van der Waals surface area contributed by atoms with Crippen molar-refractivity contribution in [2.75, 3.05) is 26.6 Å². The summed E-state index contributed by atoms with van der Waals surface area (Å²) >= 11 is 0. The van der Waals surface area contributed by atoms with Crippen molar-refractivity contribution < 1.29 is 38.0 Å². The average Bonchev–Trinajstić information content (AvgIpc) is 3.57. The highest BCUT2D eigenvalue weighted by atomic mass is 16.7. The Hall–Kier alpha value is -4.13. The lowest BCUT2D eigenvalue weighted by Crippen LogP contribution is -2.35. The maximum atomic E-state index is 12.7. The highest BCUT2D eigenvalue weighted by Crippen LogP contribution is 2.31. The van der Waals surface area contributed by atoms with Crippen LogP contribution in [0.4, 0.5) is 0 Å². The number of benzene rings is 2. The summed E-state index contributed by atoms with van der Waals surface area (Å²) in [6.07, 6.45) is 10.5. The highest BCUT2D eigenvalue weighted by Gasteiger charge is 2.50. The van der Waals surface area contributed by atoms with Crippen molar-refractivity contribution >= 4 is 5.97 Å². The van der Waals surface area contributed by atoms with E-state index in [2.05, 4.69) is 36.7 Å². The molecule has 2 aliphatic heterocycles. The molecule has 0 unspecified atom stereocenters. The molecule has 0 amide bonds. The van der Waals surface area contributed by atoms with Crippen LogP contribution in [0.5, 0.6) is 17.2 Å². The van der Waals surface area contributed by atoms with Gasteiger partial charge >= 0.3 is 5.97 Å². The minimum absolute atomic E-state index is 0.0392. The van der Waals surface area contributed by atoms with Crippen molar-refractivity contribution in [3.05, 3.63) is 54.1 Å².